The first-order chi connectivity index (χ1) is 9.10. The third-order valence-electron chi connectivity index (χ3n) is 3.38. The van der Waals surface area contributed by atoms with Gasteiger partial charge in [-0.1, -0.05) is 0 Å². The number of likely N-dealkylation sites (tertiary alicyclic amines) is 1. The molecule has 1 aliphatic rings. The topological polar surface area (TPSA) is 87.2 Å². The zero-order chi connectivity index (χ0) is 13.8. The van der Waals surface area contributed by atoms with Gasteiger partial charge in [0, 0.05) is 31.4 Å². The van der Waals surface area contributed by atoms with Crippen molar-refractivity contribution < 1.29 is 4.79 Å². The van der Waals surface area contributed by atoms with Gasteiger partial charge >= 0.3 is 5.69 Å². The second-order valence-electron chi connectivity index (χ2n) is 4.71. The molecular weight excluding hydrogens is 248 g/mol. The molecule has 2 rings (SSSR count). The first-order valence-corrected chi connectivity index (χ1v) is 6.35. The molecule has 0 aliphatic carbocycles. The number of amides is 1. The molecule has 19 heavy (non-hydrogen) atoms. The quantitative estimate of drug-likeness (QED) is 0.715. The lowest BCUT2D eigenvalue weighted by molar-refractivity contribution is -0.133. The van der Waals surface area contributed by atoms with Crippen molar-refractivity contribution in [3.63, 3.8) is 0 Å². The lowest BCUT2D eigenvalue weighted by atomic mass is 10.1. The van der Waals surface area contributed by atoms with E-state index in [4.69, 9.17) is 0 Å². The van der Waals surface area contributed by atoms with E-state index in [0.717, 1.165) is 19.4 Å². The lowest BCUT2D eigenvalue weighted by Crippen LogP contribution is -2.48. The average Bonchev–Trinajstić information content (AvgIpc) is 2.42. The summed E-state index contributed by atoms with van der Waals surface area (Å²) in [6.45, 7) is 1.34. The van der Waals surface area contributed by atoms with Crippen molar-refractivity contribution in [3.05, 3.63) is 33.1 Å². The molecule has 0 radical (unpaired) electrons. The van der Waals surface area contributed by atoms with Crippen molar-refractivity contribution in [1.29, 1.82) is 0 Å². The van der Waals surface area contributed by atoms with Gasteiger partial charge in [-0.05, 0) is 19.9 Å². The average molecular weight is 266 g/mol. The van der Waals surface area contributed by atoms with E-state index >= 15 is 0 Å². The molecular formula is C12H18N4O3. The molecule has 0 aromatic carbocycles. The van der Waals surface area contributed by atoms with Crippen LogP contribution in [0.4, 0.5) is 0 Å². The van der Waals surface area contributed by atoms with Crippen LogP contribution in [0.5, 0.6) is 0 Å². The molecule has 1 atom stereocenters. The molecule has 1 amide bonds. The minimum absolute atomic E-state index is 0.0357. The Kier molecular flexibility index (Phi) is 4.16. The highest BCUT2D eigenvalue weighted by Gasteiger charge is 2.22. The predicted octanol–water partition coefficient (Wildman–Crippen LogP) is -1.25. The standard InChI is InChI=1S/C12H18N4O3/c1-13-9-3-2-5-15(7-9)11(18)8-16-6-4-10(17)14-12(16)19/h4,6,9,13H,2-3,5,7-8H2,1H3,(H,14,17,19). The SMILES string of the molecule is CNC1CCCN(C(=O)Cn2ccc(=O)[nH]c2=O)C1. The van der Waals surface area contributed by atoms with Gasteiger partial charge in [-0.25, -0.2) is 4.79 Å². The molecule has 2 N–H and O–H groups in total. The predicted molar refractivity (Wildman–Crippen MR) is 70.0 cm³/mol. The van der Waals surface area contributed by atoms with E-state index < -0.39 is 11.2 Å². The Morgan fingerprint density at radius 1 is 1.53 bits per heavy atom. The molecule has 1 saturated heterocycles. The number of carbonyl (C=O) groups is 1. The van der Waals surface area contributed by atoms with Crippen molar-refractivity contribution in [2.75, 3.05) is 20.1 Å². The summed E-state index contributed by atoms with van der Waals surface area (Å²) >= 11 is 0. The van der Waals surface area contributed by atoms with Gasteiger partial charge in [0.05, 0.1) is 0 Å². The van der Waals surface area contributed by atoms with Gasteiger partial charge in [-0.2, -0.15) is 0 Å². The third kappa shape index (κ3) is 3.31. The second-order valence-corrected chi connectivity index (χ2v) is 4.71. The summed E-state index contributed by atoms with van der Waals surface area (Å²) in [5.41, 5.74) is -1.01. The summed E-state index contributed by atoms with van der Waals surface area (Å²) in [7, 11) is 1.88. The summed E-state index contributed by atoms with van der Waals surface area (Å²) in [4.78, 5) is 38.4. The second kappa shape index (κ2) is 5.83. The monoisotopic (exact) mass is 266 g/mol. The normalized spacial score (nSPS) is 19.4. The third-order valence-corrected chi connectivity index (χ3v) is 3.38. The molecule has 1 fully saturated rings. The number of hydrogen-bond donors (Lipinski definition) is 2. The van der Waals surface area contributed by atoms with Crippen molar-refractivity contribution in [2.24, 2.45) is 0 Å². The van der Waals surface area contributed by atoms with Crippen molar-refractivity contribution >= 4 is 5.91 Å². The van der Waals surface area contributed by atoms with Gasteiger partial charge in [0.25, 0.3) is 5.56 Å². The number of likely N-dealkylation sites (N-methyl/N-ethyl adjacent to an activating group) is 1. The summed E-state index contributed by atoms with van der Waals surface area (Å²) in [6, 6.07) is 1.55. The van der Waals surface area contributed by atoms with Crippen molar-refractivity contribution in [1.82, 2.24) is 19.8 Å². The largest absolute Gasteiger partial charge is 0.340 e. The van der Waals surface area contributed by atoms with Crippen LogP contribution in [0.25, 0.3) is 0 Å². The number of H-pyrrole nitrogens is 1. The number of nitrogens with zero attached hydrogens (tertiary/aromatic N) is 2. The summed E-state index contributed by atoms with van der Waals surface area (Å²) in [5.74, 6) is -0.103. The molecule has 1 aromatic rings. The van der Waals surface area contributed by atoms with Gasteiger partial charge in [0.15, 0.2) is 0 Å². The Morgan fingerprint density at radius 3 is 3.00 bits per heavy atom. The summed E-state index contributed by atoms with van der Waals surface area (Å²) in [6.07, 6.45) is 3.36. The fourth-order valence-corrected chi connectivity index (χ4v) is 2.25. The Balaban J connectivity index is 2.04. The molecule has 0 saturated carbocycles. The number of rotatable bonds is 3. The van der Waals surface area contributed by atoms with Crippen LogP contribution in [0.3, 0.4) is 0 Å². The van der Waals surface area contributed by atoms with Crippen LogP contribution in [0.15, 0.2) is 21.9 Å². The van der Waals surface area contributed by atoms with Crippen LogP contribution in [0.2, 0.25) is 0 Å². The Hall–Kier alpha value is -1.89. The van der Waals surface area contributed by atoms with E-state index in [9.17, 15) is 14.4 Å². The highest BCUT2D eigenvalue weighted by atomic mass is 16.2. The van der Waals surface area contributed by atoms with Gasteiger partial charge in [-0.15, -0.1) is 0 Å². The molecule has 0 bridgehead atoms. The maximum atomic E-state index is 12.1. The molecule has 104 valence electrons. The maximum absolute atomic E-state index is 12.1. The molecule has 7 heteroatoms. The van der Waals surface area contributed by atoms with E-state index in [-0.39, 0.29) is 12.5 Å². The lowest BCUT2D eigenvalue weighted by Gasteiger charge is -2.32. The van der Waals surface area contributed by atoms with Gasteiger partial charge in [0.1, 0.15) is 6.54 Å². The molecule has 0 spiro atoms. The van der Waals surface area contributed by atoms with E-state index in [1.165, 1.54) is 16.8 Å². The summed E-state index contributed by atoms with van der Waals surface area (Å²) < 4.78 is 1.21. The first kappa shape index (κ1) is 13.5. The molecule has 2 heterocycles. The number of aromatic nitrogens is 2. The van der Waals surface area contributed by atoms with Crippen molar-refractivity contribution in [2.45, 2.75) is 25.4 Å². The minimum Gasteiger partial charge on any atom is -0.340 e. The fraction of sp³-hybridized carbons (Fsp3) is 0.583. The van der Waals surface area contributed by atoms with E-state index in [2.05, 4.69) is 10.3 Å². The van der Waals surface area contributed by atoms with Gasteiger partial charge in [-0.3, -0.25) is 19.1 Å². The number of carbonyl (C=O) groups excluding carboxylic acids is 1. The van der Waals surface area contributed by atoms with E-state index in [0.29, 0.717) is 12.6 Å². The number of hydrogen-bond acceptors (Lipinski definition) is 4. The molecule has 1 aliphatic heterocycles. The molecule has 1 unspecified atom stereocenters. The van der Waals surface area contributed by atoms with Crippen LogP contribution < -0.4 is 16.6 Å². The van der Waals surface area contributed by atoms with Crippen LogP contribution in [0.1, 0.15) is 12.8 Å². The highest BCUT2D eigenvalue weighted by molar-refractivity contribution is 5.76. The number of aromatic amines is 1. The molecule has 7 nitrogen and oxygen atoms in total. The maximum Gasteiger partial charge on any atom is 0.328 e. The fourth-order valence-electron chi connectivity index (χ4n) is 2.25. The highest BCUT2D eigenvalue weighted by Crippen LogP contribution is 2.10. The van der Waals surface area contributed by atoms with E-state index in [1.54, 1.807) is 4.90 Å². The van der Waals surface area contributed by atoms with Crippen LogP contribution in [-0.2, 0) is 11.3 Å². The van der Waals surface area contributed by atoms with Crippen LogP contribution >= 0.6 is 0 Å². The van der Waals surface area contributed by atoms with Gasteiger partial charge in [0.2, 0.25) is 5.91 Å². The van der Waals surface area contributed by atoms with Gasteiger partial charge < -0.3 is 10.2 Å². The first-order valence-electron chi connectivity index (χ1n) is 6.35. The Labute approximate surface area is 110 Å². The summed E-state index contributed by atoms with van der Waals surface area (Å²) in [5, 5.41) is 3.16. The zero-order valence-electron chi connectivity index (χ0n) is 10.9. The number of piperidine rings is 1. The Bertz CT molecular complexity index is 563. The smallest absolute Gasteiger partial charge is 0.328 e. The Morgan fingerprint density at radius 2 is 2.32 bits per heavy atom. The van der Waals surface area contributed by atoms with Crippen molar-refractivity contribution in [3.8, 4) is 0 Å². The van der Waals surface area contributed by atoms with Crippen LogP contribution in [0, 0.1) is 0 Å². The van der Waals surface area contributed by atoms with E-state index in [1.807, 2.05) is 7.05 Å². The number of nitrogens with one attached hydrogen (secondary N) is 2. The minimum atomic E-state index is -0.553. The zero-order valence-corrected chi connectivity index (χ0v) is 10.9. The van der Waals surface area contributed by atoms with Crippen LogP contribution in [-0.4, -0.2) is 46.5 Å². The molecule has 1 aromatic heterocycles.